The van der Waals surface area contributed by atoms with Crippen molar-refractivity contribution in [2.75, 3.05) is 0 Å². The first-order valence-corrected chi connectivity index (χ1v) is 6.72. The van der Waals surface area contributed by atoms with Gasteiger partial charge in [0.15, 0.2) is 4.77 Å². The molecule has 0 aliphatic carbocycles. The molecule has 20 heavy (non-hydrogen) atoms. The number of halogens is 1. The van der Waals surface area contributed by atoms with Crippen molar-refractivity contribution in [1.29, 1.82) is 0 Å². The van der Waals surface area contributed by atoms with Crippen LogP contribution in [0.3, 0.4) is 0 Å². The van der Waals surface area contributed by atoms with Crippen LogP contribution in [0.15, 0.2) is 22.7 Å². The van der Waals surface area contributed by atoms with Crippen LogP contribution in [0.25, 0.3) is 11.0 Å². The molecule has 1 N–H and O–H groups in total. The van der Waals surface area contributed by atoms with E-state index in [2.05, 4.69) is 10.1 Å². The lowest BCUT2D eigenvalue weighted by Gasteiger charge is -2.14. The first-order valence-electron chi connectivity index (χ1n) is 6.31. The Morgan fingerprint density at radius 1 is 1.40 bits per heavy atom. The topological polar surface area (TPSA) is 46.8 Å². The van der Waals surface area contributed by atoms with E-state index in [-0.39, 0.29) is 11.9 Å². The van der Waals surface area contributed by atoms with Gasteiger partial charge in [0.1, 0.15) is 11.6 Å². The van der Waals surface area contributed by atoms with Crippen molar-refractivity contribution in [3.05, 3.63) is 45.8 Å². The number of imidazole rings is 1. The number of H-pyrrole nitrogens is 1. The molecule has 0 amide bonds. The molecule has 2 aromatic heterocycles. The zero-order valence-electron chi connectivity index (χ0n) is 11.4. The molecule has 0 aliphatic heterocycles. The van der Waals surface area contributed by atoms with E-state index in [0.29, 0.717) is 10.3 Å². The van der Waals surface area contributed by atoms with Gasteiger partial charge in [-0.25, -0.2) is 4.39 Å². The predicted molar refractivity (Wildman–Crippen MR) is 76.9 cm³/mol. The molecule has 2 heterocycles. The average Bonchev–Trinajstić information content (AvgIpc) is 2.88. The molecule has 0 aliphatic rings. The summed E-state index contributed by atoms with van der Waals surface area (Å²) in [6.07, 6.45) is 0. The number of rotatable bonds is 2. The number of aryl methyl sites for hydroxylation is 2. The van der Waals surface area contributed by atoms with Gasteiger partial charge in [-0.2, -0.15) is 0 Å². The molecule has 1 aromatic carbocycles. The van der Waals surface area contributed by atoms with Crippen LogP contribution in [0.5, 0.6) is 0 Å². The van der Waals surface area contributed by atoms with Crippen molar-refractivity contribution in [1.82, 2.24) is 14.7 Å². The van der Waals surface area contributed by atoms with Crippen molar-refractivity contribution < 1.29 is 8.91 Å². The number of benzene rings is 1. The van der Waals surface area contributed by atoms with Gasteiger partial charge in [-0.05, 0) is 51.2 Å². The van der Waals surface area contributed by atoms with E-state index in [1.54, 1.807) is 6.07 Å². The summed E-state index contributed by atoms with van der Waals surface area (Å²) in [5.74, 6) is 0.485. The van der Waals surface area contributed by atoms with Gasteiger partial charge < -0.3 is 14.1 Å². The van der Waals surface area contributed by atoms with Gasteiger partial charge in [-0.15, -0.1) is 0 Å². The highest BCUT2D eigenvalue weighted by Crippen LogP contribution is 2.28. The summed E-state index contributed by atoms with van der Waals surface area (Å²) in [6, 6.07) is 4.57. The van der Waals surface area contributed by atoms with Crippen LogP contribution < -0.4 is 0 Å². The highest BCUT2D eigenvalue weighted by Gasteiger charge is 2.20. The Morgan fingerprint density at radius 3 is 2.80 bits per heavy atom. The van der Waals surface area contributed by atoms with Gasteiger partial charge >= 0.3 is 0 Å². The summed E-state index contributed by atoms with van der Waals surface area (Å²) in [6.45, 7) is 5.81. The number of fused-ring (bicyclic) bond motifs is 1. The fourth-order valence-corrected chi connectivity index (χ4v) is 3.07. The number of nitrogens with one attached hydrogen (secondary N) is 1. The lowest BCUT2D eigenvalue weighted by atomic mass is 10.1. The van der Waals surface area contributed by atoms with Gasteiger partial charge in [0, 0.05) is 5.56 Å². The van der Waals surface area contributed by atoms with Crippen LogP contribution >= 0.6 is 12.2 Å². The molecule has 1 atom stereocenters. The summed E-state index contributed by atoms with van der Waals surface area (Å²) in [5, 5.41) is 3.98. The molecule has 0 fully saturated rings. The summed E-state index contributed by atoms with van der Waals surface area (Å²) in [5.41, 5.74) is 3.40. The summed E-state index contributed by atoms with van der Waals surface area (Å²) in [7, 11) is 0. The minimum absolute atomic E-state index is 0.0343. The van der Waals surface area contributed by atoms with E-state index in [4.69, 9.17) is 16.7 Å². The standard InChI is InChI=1S/C14H14FN3OS/c1-7-13(9(3)19-17-7)8(2)18-12-5-4-10(15)6-11(12)16-14(18)20/h4-6,8H,1-3H3,(H,16,20). The molecule has 0 saturated heterocycles. The van der Waals surface area contributed by atoms with Crippen LogP contribution in [0.2, 0.25) is 0 Å². The molecule has 0 radical (unpaired) electrons. The maximum Gasteiger partial charge on any atom is 0.178 e. The van der Waals surface area contributed by atoms with E-state index >= 15 is 0 Å². The molecule has 3 aromatic rings. The zero-order valence-corrected chi connectivity index (χ0v) is 12.2. The highest BCUT2D eigenvalue weighted by molar-refractivity contribution is 7.71. The molecule has 3 rings (SSSR count). The van der Waals surface area contributed by atoms with Gasteiger partial charge in [0.05, 0.1) is 22.8 Å². The van der Waals surface area contributed by atoms with Gasteiger partial charge in [-0.1, -0.05) is 5.16 Å². The minimum Gasteiger partial charge on any atom is -0.361 e. The second-order valence-electron chi connectivity index (χ2n) is 4.88. The van der Waals surface area contributed by atoms with Crippen LogP contribution in [0, 0.1) is 24.4 Å². The number of aromatic amines is 1. The SMILES string of the molecule is Cc1noc(C)c1C(C)n1c(=S)[nH]c2cc(F)ccc21. The van der Waals surface area contributed by atoms with Crippen molar-refractivity contribution in [3.8, 4) is 0 Å². The van der Waals surface area contributed by atoms with E-state index in [1.807, 2.05) is 25.3 Å². The summed E-state index contributed by atoms with van der Waals surface area (Å²) >= 11 is 5.37. The fourth-order valence-electron chi connectivity index (χ4n) is 2.70. The second kappa shape index (κ2) is 4.56. The first-order chi connectivity index (χ1) is 9.49. The predicted octanol–water partition coefficient (Wildman–Crippen LogP) is 4.05. The van der Waals surface area contributed by atoms with E-state index < -0.39 is 0 Å². The normalized spacial score (nSPS) is 13.0. The average molecular weight is 291 g/mol. The van der Waals surface area contributed by atoms with Crippen LogP contribution in [0.4, 0.5) is 4.39 Å². The second-order valence-corrected chi connectivity index (χ2v) is 5.26. The molecular formula is C14H14FN3OS. The van der Waals surface area contributed by atoms with Crippen molar-refractivity contribution in [3.63, 3.8) is 0 Å². The lowest BCUT2D eigenvalue weighted by Crippen LogP contribution is -2.08. The lowest BCUT2D eigenvalue weighted by molar-refractivity contribution is 0.391. The molecule has 104 valence electrons. The largest absolute Gasteiger partial charge is 0.361 e. The van der Waals surface area contributed by atoms with Gasteiger partial charge in [0.25, 0.3) is 0 Å². The quantitative estimate of drug-likeness (QED) is 0.724. The van der Waals surface area contributed by atoms with E-state index in [0.717, 1.165) is 22.5 Å². The monoisotopic (exact) mass is 291 g/mol. The third kappa shape index (κ3) is 1.87. The Bertz CT molecular complexity index is 826. The molecule has 0 bridgehead atoms. The van der Waals surface area contributed by atoms with Crippen LogP contribution in [-0.2, 0) is 0 Å². The molecule has 0 spiro atoms. The number of aromatic nitrogens is 3. The third-order valence-corrected chi connectivity index (χ3v) is 3.87. The molecule has 4 nitrogen and oxygen atoms in total. The first kappa shape index (κ1) is 13.1. The summed E-state index contributed by atoms with van der Waals surface area (Å²) in [4.78, 5) is 3.04. The molecule has 0 saturated carbocycles. The Kier molecular flexibility index (Phi) is 2.97. The minimum atomic E-state index is -0.286. The van der Waals surface area contributed by atoms with Crippen molar-refractivity contribution in [2.24, 2.45) is 0 Å². The van der Waals surface area contributed by atoms with Crippen molar-refractivity contribution in [2.45, 2.75) is 26.8 Å². The van der Waals surface area contributed by atoms with E-state index in [1.165, 1.54) is 12.1 Å². The smallest absolute Gasteiger partial charge is 0.178 e. The maximum absolute atomic E-state index is 13.3. The fraction of sp³-hybridized carbons (Fsp3) is 0.286. The highest BCUT2D eigenvalue weighted by atomic mass is 32.1. The summed E-state index contributed by atoms with van der Waals surface area (Å²) < 4.78 is 21.0. The maximum atomic E-state index is 13.3. The van der Waals surface area contributed by atoms with Crippen LogP contribution in [-0.4, -0.2) is 14.7 Å². The zero-order chi connectivity index (χ0) is 14.4. The van der Waals surface area contributed by atoms with Gasteiger partial charge in [-0.3, -0.25) is 0 Å². The molecule has 1 unspecified atom stereocenters. The number of nitrogens with zero attached hydrogens (tertiary/aromatic N) is 2. The Hall–Kier alpha value is -1.95. The Labute approximate surface area is 120 Å². The number of hydrogen-bond donors (Lipinski definition) is 1. The van der Waals surface area contributed by atoms with Crippen LogP contribution in [0.1, 0.15) is 30.0 Å². The van der Waals surface area contributed by atoms with Gasteiger partial charge in [0.2, 0.25) is 0 Å². The third-order valence-electron chi connectivity index (χ3n) is 3.57. The Balaban J connectivity index is 2.24. The molecule has 6 heteroatoms. The number of hydrogen-bond acceptors (Lipinski definition) is 3. The molecular weight excluding hydrogens is 277 g/mol. The van der Waals surface area contributed by atoms with Crippen molar-refractivity contribution >= 4 is 23.3 Å². The Morgan fingerprint density at radius 2 is 2.15 bits per heavy atom. The van der Waals surface area contributed by atoms with E-state index in [9.17, 15) is 4.39 Å².